The molecule has 0 spiro atoms. The average Bonchev–Trinajstić information content (AvgIpc) is 3.03. The van der Waals surface area contributed by atoms with Crippen LogP contribution in [-0.4, -0.2) is 47.3 Å². The van der Waals surface area contributed by atoms with Crippen LogP contribution in [0.25, 0.3) is 0 Å². The van der Waals surface area contributed by atoms with Crippen molar-refractivity contribution in [1.82, 2.24) is 10.3 Å². The van der Waals surface area contributed by atoms with Gasteiger partial charge in [-0.15, -0.1) is 4.83 Å². The number of sulfonamides is 1. The molecule has 1 unspecified atom stereocenters. The van der Waals surface area contributed by atoms with Gasteiger partial charge in [-0.05, 0) is 26.2 Å². The Hall–Kier alpha value is -1.92. The molecule has 1 aromatic heterocycles. The quantitative estimate of drug-likeness (QED) is 0.486. The van der Waals surface area contributed by atoms with E-state index in [4.69, 9.17) is 4.42 Å². The average molecular weight is 408 g/mol. The van der Waals surface area contributed by atoms with Crippen molar-refractivity contribution in [2.45, 2.75) is 31.6 Å². The van der Waals surface area contributed by atoms with Crippen LogP contribution < -0.4 is 10.3 Å². The summed E-state index contributed by atoms with van der Waals surface area (Å²) in [4.78, 5) is 25.2. The molecule has 12 heteroatoms. The van der Waals surface area contributed by atoms with Gasteiger partial charge >= 0.3 is 5.97 Å². The molecule has 2 N–H and O–H groups in total. The molecule has 0 aromatic carbocycles. The summed E-state index contributed by atoms with van der Waals surface area (Å²) in [6.07, 6.45) is 0.226. The summed E-state index contributed by atoms with van der Waals surface area (Å²) in [6, 6.07) is 0. The first kappa shape index (κ1) is 20.4. The molecule has 1 fully saturated rings. The maximum atomic E-state index is 12.5. The van der Waals surface area contributed by atoms with Crippen LogP contribution in [0.1, 0.15) is 34.7 Å². The van der Waals surface area contributed by atoms with E-state index in [1.807, 2.05) is 10.3 Å². The monoisotopic (exact) mass is 408 g/mol. The maximum Gasteiger partial charge on any atom is 0.342 e. The smallest absolute Gasteiger partial charge is 0.342 e. The largest absolute Gasteiger partial charge is 0.465 e. The summed E-state index contributed by atoms with van der Waals surface area (Å²) in [7, 11) is -6.33. The van der Waals surface area contributed by atoms with Gasteiger partial charge in [-0.2, -0.15) is 0 Å². The Morgan fingerprint density at radius 2 is 1.92 bits per heavy atom. The highest BCUT2D eigenvalue weighted by atomic mass is 32.2. The van der Waals surface area contributed by atoms with Crippen LogP contribution in [-0.2, 0) is 29.4 Å². The molecule has 1 aromatic rings. The Morgan fingerprint density at radius 3 is 2.46 bits per heavy atom. The van der Waals surface area contributed by atoms with Crippen LogP contribution in [0.5, 0.6) is 0 Å². The number of carbonyl (C=O) groups excluding carboxylic acids is 2. The molecule has 0 saturated carbocycles. The van der Waals surface area contributed by atoms with E-state index in [1.54, 1.807) is 0 Å². The van der Waals surface area contributed by atoms with E-state index in [-0.39, 0.29) is 40.9 Å². The molecular weight excluding hydrogens is 388 g/mol. The fraction of sp³-hybridized carbons (Fsp3) is 0.571. The van der Waals surface area contributed by atoms with Crippen molar-refractivity contribution in [2.75, 3.05) is 18.6 Å². The molecule has 10 nitrogen and oxygen atoms in total. The van der Waals surface area contributed by atoms with Gasteiger partial charge in [0.25, 0.3) is 10.0 Å². The second kappa shape index (κ2) is 7.37. The molecule has 2 rings (SSSR count). The van der Waals surface area contributed by atoms with Crippen LogP contribution in [0.4, 0.5) is 0 Å². The van der Waals surface area contributed by atoms with Gasteiger partial charge < -0.3 is 9.15 Å². The third kappa shape index (κ3) is 4.43. The van der Waals surface area contributed by atoms with E-state index < -0.39 is 36.6 Å². The second-order valence-electron chi connectivity index (χ2n) is 6.04. The summed E-state index contributed by atoms with van der Waals surface area (Å²) in [6.45, 7) is 2.77. The first-order valence-electron chi connectivity index (χ1n) is 7.66. The number of amides is 1. The third-order valence-corrected chi connectivity index (χ3v) is 7.23. The molecule has 1 saturated heterocycles. The number of nitrogens with one attached hydrogen (secondary N) is 2. The Labute approximate surface area is 151 Å². The van der Waals surface area contributed by atoms with Crippen molar-refractivity contribution in [1.29, 1.82) is 0 Å². The minimum Gasteiger partial charge on any atom is -0.465 e. The predicted molar refractivity (Wildman–Crippen MR) is 89.4 cm³/mol. The highest BCUT2D eigenvalue weighted by molar-refractivity contribution is 7.91. The third-order valence-electron chi connectivity index (χ3n) is 3.99. The van der Waals surface area contributed by atoms with Gasteiger partial charge in [0, 0.05) is 6.42 Å². The summed E-state index contributed by atoms with van der Waals surface area (Å²) < 4.78 is 57.5. The van der Waals surface area contributed by atoms with Gasteiger partial charge in [-0.3, -0.25) is 10.2 Å². The van der Waals surface area contributed by atoms with E-state index in [9.17, 15) is 26.4 Å². The Kier molecular flexibility index (Phi) is 5.78. The highest BCUT2D eigenvalue weighted by Crippen LogP contribution is 2.27. The zero-order valence-corrected chi connectivity index (χ0v) is 16.1. The molecule has 0 bridgehead atoms. The second-order valence-corrected chi connectivity index (χ2v) is 9.88. The van der Waals surface area contributed by atoms with Crippen LogP contribution >= 0.6 is 0 Å². The van der Waals surface area contributed by atoms with Crippen LogP contribution in [0.15, 0.2) is 9.31 Å². The molecule has 26 heavy (non-hydrogen) atoms. The number of carbonyl (C=O) groups is 2. The number of hydrazine groups is 1. The van der Waals surface area contributed by atoms with Gasteiger partial charge in [0.2, 0.25) is 5.91 Å². The lowest BCUT2D eigenvalue weighted by molar-refractivity contribution is -0.122. The maximum absolute atomic E-state index is 12.5. The normalized spacial score (nSPS) is 19.3. The van der Waals surface area contributed by atoms with Gasteiger partial charge in [0.1, 0.15) is 22.0 Å². The number of hydrogen-bond donors (Lipinski definition) is 2. The number of ether oxygens (including phenoxy) is 1. The number of hydrogen-bond acceptors (Lipinski definition) is 8. The highest BCUT2D eigenvalue weighted by Gasteiger charge is 2.33. The number of methoxy groups -OCH3 is 1. The first-order chi connectivity index (χ1) is 12.0. The Balaban J connectivity index is 2.10. The number of sulfone groups is 1. The van der Waals surface area contributed by atoms with Crippen molar-refractivity contribution >= 4 is 31.7 Å². The summed E-state index contributed by atoms with van der Waals surface area (Å²) in [5.41, 5.74) is 1.77. The van der Waals surface area contributed by atoms with Crippen LogP contribution in [0, 0.1) is 19.8 Å². The van der Waals surface area contributed by atoms with Crippen LogP contribution in [0.3, 0.4) is 0 Å². The molecule has 2 heterocycles. The molecule has 0 radical (unpaired) electrons. The summed E-state index contributed by atoms with van der Waals surface area (Å²) in [5, 5.41) is 0. The topological polar surface area (TPSA) is 149 Å². The van der Waals surface area contributed by atoms with Crippen molar-refractivity contribution in [3.8, 4) is 0 Å². The van der Waals surface area contributed by atoms with E-state index in [2.05, 4.69) is 4.74 Å². The molecule has 0 aliphatic carbocycles. The van der Waals surface area contributed by atoms with Gasteiger partial charge in [0.15, 0.2) is 9.84 Å². The lowest BCUT2D eigenvalue weighted by Crippen LogP contribution is -2.42. The number of aryl methyl sites for hydroxylation is 2. The minimum absolute atomic E-state index is 0.0205. The first-order valence-corrected chi connectivity index (χ1v) is 11.0. The lowest BCUT2D eigenvalue weighted by atomic mass is 10.1. The number of rotatable bonds is 6. The molecular formula is C14H20N2O8S2. The van der Waals surface area contributed by atoms with E-state index >= 15 is 0 Å². The fourth-order valence-corrected chi connectivity index (χ4v) is 5.97. The van der Waals surface area contributed by atoms with Gasteiger partial charge in [-0.1, -0.05) is 0 Å². The van der Waals surface area contributed by atoms with Crippen LogP contribution in [0.2, 0.25) is 0 Å². The molecule has 1 aliphatic heterocycles. The van der Waals surface area contributed by atoms with Gasteiger partial charge in [-0.25, -0.2) is 21.6 Å². The number of esters is 1. The Morgan fingerprint density at radius 1 is 1.27 bits per heavy atom. The number of furan rings is 1. The van der Waals surface area contributed by atoms with Crippen molar-refractivity contribution in [3.63, 3.8) is 0 Å². The van der Waals surface area contributed by atoms with E-state index in [0.717, 1.165) is 7.11 Å². The molecule has 1 amide bonds. The van der Waals surface area contributed by atoms with Crippen molar-refractivity contribution in [2.24, 2.45) is 5.92 Å². The minimum atomic E-state index is -4.30. The van der Waals surface area contributed by atoms with Crippen molar-refractivity contribution in [3.05, 3.63) is 17.1 Å². The van der Waals surface area contributed by atoms with Gasteiger partial charge in [0.05, 0.1) is 18.6 Å². The Bertz CT molecular complexity index is 930. The van der Waals surface area contributed by atoms with E-state index in [0.29, 0.717) is 6.42 Å². The molecule has 1 atom stereocenters. The lowest BCUT2D eigenvalue weighted by Gasteiger charge is -2.11. The summed E-state index contributed by atoms with van der Waals surface area (Å²) in [5.74, 6) is -1.96. The fourth-order valence-electron chi connectivity index (χ4n) is 2.85. The van der Waals surface area contributed by atoms with E-state index in [1.165, 1.54) is 13.8 Å². The molecule has 1 aliphatic rings. The zero-order chi connectivity index (χ0) is 19.7. The zero-order valence-electron chi connectivity index (χ0n) is 14.5. The predicted octanol–water partition coefficient (Wildman–Crippen LogP) is -0.183. The summed E-state index contributed by atoms with van der Waals surface area (Å²) >= 11 is 0. The standard InChI is InChI=1S/C14H20N2O8S2/c1-8-12(14(18)23-3)13(9(2)24-8)26(21,22)16-15-11(17)6-10-4-5-25(19,20)7-10/h10,16H,4-7H2,1-3H3,(H,15,17). The van der Waals surface area contributed by atoms with Crippen molar-refractivity contribution < 1.29 is 35.6 Å². The SMILES string of the molecule is COC(=O)c1c(C)oc(C)c1S(=O)(=O)NNC(=O)CC1CCS(=O)(=O)C1. The molecule has 146 valence electrons.